The molecule has 2 rings (SSSR count). The Kier molecular flexibility index (Phi) is 9.38. The standard InChI is InChI=1S/C22H27ClO6/c23-15-6-5-7-17(12-15)29-14-16(24)10-11-19-18(20(25)13-21(19)26)8-3-1-2-4-9-22(27)28/h1,3,5-7,10-12,16,18-20,24-25H,2,4,8-9,13-14H2,(H,27,28)/t16-,18-,19-,20+/m1/s1. The molecule has 1 aliphatic carbocycles. The number of unbranched alkanes of at least 4 members (excludes halogenated alkanes) is 1. The third-order valence-corrected chi connectivity index (χ3v) is 5.07. The van der Waals surface area contributed by atoms with E-state index in [0.29, 0.717) is 30.0 Å². The number of hydrogen-bond donors (Lipinski definition) is 3. The van der Waals surface area contributed by atoms with Gasteiger partial charge in [-0.25, -0.2) is 0 Å². The highest BCUT2D eigenvalue weighted by Gasteiger charge is 2.39. The van der Waals surface area contributed by atoms with Crippen LogP contribution in [0.5, 0.6) is 5.75 Å². The largest absolute Gasteiger partial charge is 0.491 e. The number of carboxylic acid groups (broad SMARTS) is 1. The molecule has 1 fully saturated rings. The number of carboxylic acids is 1. The van der Waals surface area contributed by atoms with Gasteiger partial charge in [0.1, 0.15) is 24.2 Å². The maximum absolute atomic E-state index is 12.2. The Morgan fingerprint density at radius 2 is 2.14 bits per heavy atom. The number of aliphatic hydroxyl groups excluding tert-OH is 2. The molecule has 4 atom stereocenters. The zero-order chi connectivity index (χ0) is 21.2. The van der Waals surface area contributed by atoms with Crippen LogP contribution in [0.15, 0.2) is 48.6 Å². The fourth-order valence-corrected chi connectivity index (χ4v) is 3.49. The van der Waals surface area contributed by atoms with Crippen molar-refractivity contribution in [1.29, 1.82) is 0 Å². The second-order valence-electron chi connectivity index (χ2n) is 7.14. The quantitative estimate of drug-likeness (QED) is 0.373. The first-order chi connectivity index (χ1) is 13.9. The summed E-state index contributed by atoms with van der Waals surface area (Å²) in [7, 11) is 0. The van der Waals surface area contributed by atoms with Gasteiger partial charge in [-0.1, -0.05) is 42.0 Å². The molecule has 7 heteroatoms. The average molecular weight is 423 g/mol. The van der Waals surface area contributed by atoms with E-state index in [-0.39, 0.29) is 31.1 Å². The van der Waals surface area contributed by atoms with Crippen molar-refractivity contribution >= 4 is 23.4 Å². The number of carbonyl (C=O) groups is 2. The molecule has 0 radical (unpaired) electrons. The number of hydrogen-bond acceptors (Lipinski definition) is 5. The zero-order valence-corrected chi connectivity index (χ0v) is 16.9. The number of benzene rings is 1. The van der Waals surface area contributed by atoms with Crippen LogP contribution in [0.1, 0.15) is 32.1 Å². The van der Waals surface area contributed by atoms with Crippen molar-refractivity contribution < 1.29 is 29.6 Å². The molecule has 1 saturated carbocycles. The summed E-state index contributed by atoms with van der Waals surface area (Å²) in [6.45, 7) is 0.0223. The fraction of sp³-hybridized carbons (Fsp3) is 0.455. The van der Waals surface area contributed by atoms with Gasteiger partial charge < -0.3 is 20.1 Å². The summed E-state index contributed by atoms with van der Waals surface area (Å²) in [5.41, 5.74) is 0. The second kappa shape index (κ2) is 11.8. The Morgan fingerprint density at radius 3 is 2.86 bits per heavy atom. The van der Waals surface area contributed by atoms with E-state index >= 15 is 0 Å². The van der Waals surface area contributed by atoms with Crippen LogP contribution in [0.3, 0.4) is 0 Å². The van der Waals surface area contributed by atoms with Crippen LogP contribution in [-0.4, -0.2) is 45.9 Å². The van der Waals surface area contributed by atoms with E-state index in [4.69, 9.17) is 21.4 Å². The molecule has 6 nitrogen and oxygen atoms in total. The van der Waals surface area contributed by atoms with E-state index in [1.54, 1.807) is 30.3 Å². The summed E-state index contributed by atoms with van der Waals surface area (Å²) in [6, 6.07) is 6.85. The minimum atomic E-state index is -0.897. The smallest absolute Gasteiger partial charge is 0.303 e. The molecule has 0 bridgehead atoms. The Labute approximate surface area is 175 Å². The molecule has 0 aliphatic heterocycles. The van der Waals surface area contributed by atoms with E-state index in [1.165, 1.54) is 6.08 Å². The summed E-state index contributed by atoms with van der Waals surface area (Å²) < 4.78 is 5.48. The topological polar surface area (TPSA) is 104 Å². The second-order valence-corrected chi connectivity index (χ2v) is 7.58. The van der Waals surface area contributed by atoms with Gasteiger partial charge in [-0.05, 0) is 37.5 Å². The third-order valence-electron chi connectivity index (χ3n) is 4.83. The molecule has 0 heterocycles. The Hall–Kier alpha value is -2.15. The van der Waals surface area contributed by atoms with Crippen LogP contribution in [0.4, 0.5) is 0 Å². The van der Waals surface area contributed by atoms with Crippen molar-refractivity contribution in [2.75, 3.05) is 6.61 Å². The van der Waals surface area contributed by atoms with Crippen molar-refractivity contribution in [3.63, 3.8) is 0 Å². The SMILES string of the molecule is O=C(O)CCCC=CC[C@H]1[C@@H](O)CC(=O)[C@@H]1C=C[C@@H](O)COc1cccc(Cl)c1. The lowest BCUT2D eigenvalue weighted by Gasteiger charge is -2.17. The minimum Gasteiger partial charge on any atom is -0.491 e. The van der Waals surface area contributed by atoms with Gasteiger partial charge in [-0.15, -0.1) is 0 Å². The number of ether oxygens (including phenoxy) is 1. The van der Waals surface area contributed by atoms with Gasteiger partial charge in [-0.3, -0.25) is 9.59 Å². The van der Waals surface area contributed by atoms with Crippen molar-refractivity contribution in [2.45, 2.75) is 44.3 Å². The number of aliphatic hydroxyl groups is 2. The number of halogens is 1. The molecule has 0 saturated heterocycles. The average Bonchev–Trinajstić information content (AvgIpc) is 2.93. The lowest BCUT2D eigenvalue weighted by Crippen LogP contribution is -2.20. The van der Waals surface area contributed by atoms with E-state index in [2.05, 4.69) is 0 Å². The molecular formula is C22H27ClO6. The molecule has 1 aliphatic rings. The zero-order valence-electron chi connectivity index (χ0n) is 16.1. The Bertz CT molecular complexity index is 745. The van der Waals surface area contributed by atoms with Gasteiger partial charge in [0.15, 0.2) is 0 Å². The maximum Gasteiger partial charge on any atom is 0.303 e. The Balaban J connectivity index is 1.84. The first-order valence-corrected chi connectivity index (χ1v) is 10.1. The number of rotatable bonds is 11. The molecule has 158 valence electrons. The Morgan fingerprint density at radius 1 is 1.34 bits per heavy atom. The predicted molar refractivity (Wildman–Crippen MR) is 110 cm³/mol. The van der Waals surface area contributed by atoms with Crippen molar-refractivity contribution in [1.82, 2.24) is 0 Å². The van der Waals surface area contributed by atoms with Gasteiger partial charge in [0.05, 0.1) is 6.10 Å². The molecular weight excluding hydrogens is 396 g/mol. The summed E-state index contributed by atoms with van der Waals surface area (Å²) in [5.74, 6) is -1.05. The number of ketones is 1. The summed E-state index contributed by atoms with van der Waals surface area (Å²) in [6.07, 6.45) is 7.25. The van der Waals surface area contributed by atoms with Gasteiger partial charge in [0, 0.05) is 29.7 Å². The van der Waals surface area contributed by atoms with Gasteiger partial charge >= 0.3 is 5.97 Å². The van der Waals surface area contributed by atoms with Crippen molar-refractivity contribution in [3.8, 4) is 5.75 Å². The molecule has 3 N–H and O–H groups in total. The predicted octanol–water partition coefficient (Wildman–Crippen LogP) is 3.40. The molecule has 0 aromatic heterocycles. The van der Waals surface area contributed by atoms with Gasteiger partial charge in [0.2, 0.25) is 0 Å². The fourth-order valence-electron chi connectivity index (χ4n) is 3.31. The first kappa shape index (κ1) is 23.1. The van der Waals surface area contributed by atoms with Crippen LogP contribution >= 0.6 is 11.6 Å². The van der Waals surface area contributed by atoms with E-state index in [9.17, 15) is 19.8 Å². The van der Waals surface area contributed by atoms with Crippen LogP contribution < -0.4 is 4.74 Å². The van der Waals surface area contributed by atoms with E-state index < -0.39 is 24.1 Å². The highest BCUT2D eigenvalue weighted by atomic mass is 35.5. The maximum atomic E-state index is 12.2. The number of carbonyl (C=O) groups excluding carboxylic acids is 1. The monoisotopic (exact) mass is 422 g/mol. The highest BCUT2D eigenvalue weighted by molar-refractivity contribution is 6.30. The normalized spacial score (nSPS) is 23.1. The molecule has 0 amide bonds. The van der Waals surface area contributed by atoms with Crippen molar-refractivity contribution in [3.05, 3.63) is 53.6 Å². The molecule has 0 unspecified atom stereocenters. The molecule has 29 heavy (non-hydrogen) atoms. The summed E-state index contributed by atoms with van der Waals surface area (Å²) in [4.78, 5) is 22.7. The first-order valence-electron chi connectivity index (χ1n) is 9.69. The molecule has 1 aromatic carbocycles. The number of aliphatic carboxylic acids is 1. The van der Waals surface area contributed by atoms with Crippen LogP contribution in [0, 0.1) is 11.8 Å². The van der Waals surface area contributed by atoms with Crippen molar-refractivity contribution in [2.24, 2.45) is 11.8 Å². The minimum absolute atomic E-state index is 0.0223. The van der Waals surface area contributed by atoms with E-state index in [1.807, 2.05) is 12.2 Å². The van der Waals surface area contributed by atoms with Gasteiger partial charge in [-0.2, -0.15) is 0 Å². The van der Waals surface area contributed by atoms with E-state index in [0.717, 1.165) is 0 Å². The summed E-state index contributed by atoms with van der Waals surface area (Å²) >= 11 is 5.89. The number of allylic oxidation sites excluding steroid dienone is 3. The molecule has 1 aromatic rings. The van der Waals surface area contributed by atoms with Gasteiger partial charge in [0.25, 0.3) is 0 Å². The van der Waals surface area contributed by atoms with Crippen LogP contribution in [-0.2, 0) is 9.59 Å². The lowest BCUT2D eigenvalue weighted by molar-refractivity contribution is -0.137. The lowest BCUT2D eigenvalue weighted by atomic mass is 9.90. The van der Waals surface area contributed by atoms with Crippen LogP contribution in [0.25, 0.3) is 0 Å². The van der Waals surface area contributed by atoms with Crippen LogP contribution in [0.2, 0.25) is 5.02 Å². The summed E-state index contributed by atoms with van der Waals surface area (Å²) in [5, 5.41) is 29.5. The third kappa shape index (κ3) is 8.01. The highest BCUT2D eigenvalue weighted by Crippen LogP contribution is 2.33. The molecule has 0 spiro atoms. The number of Topliss-reactive ketones (excluding diaryl/α,β-unsaturated/α-hetero) is 1.